The first-order valence-electron chi connectivity index (χ1n) is 5.98. The van der Waals surface area contributed by atoms with Gasteiger partial charge in [0.2, 0.25) is 0 Å². The monoisotopic (exact) mass is 227 g/mol. The van der Waals surface area contributed by atoms with Crippen LogP contribution in [-0.2, 0) is 14.3 Å². The van der Waals surface area contributed by atoms with Crippen LogP contribution in [0, 0.1) is 0 Å². The van der Waals surface area contributed by atoms with Gasteiger partial charge in [-0.05, 0) is 33.1 Å². The van der Waals surface area contributed by atoms with Gasteiger partial charge < -0.3 is 9.47 Å². The number of esters is 1. The predicted molar refractivity (Wildman–Crippen MR) is 60.2 cm³/mol. The quantitative estimate of drug-likeness (QED) is 0.737. The minimum Gasteiger partial charge on any atom is -0.468 e. The molecule has 1 aliphatic heterocycles. The highest BCUT2D eigenvalue weighted by atomic mass is 16.5. The van der Waals surface area contributed by atoms with Crippen LogP contribution in [0.1, 0.15) is 39.5 Å². The van der Waals surface area contributed by atoms with Crippen LogP contribution < -0.4 is 5.32 Å². The van der Waals surface area contributed by atoms with Crippen molar-refractivity contribution in [2.75, 3.05) is 13.7 Å². The van der Waals surface area contributed by atoms with E-state index in [4.69, 9.17) is 9.47 Å². The molecule has 0 spiro atoms. The summed E-state index contributed by atoms with van der Waals surface area (Å²) in [7, 11) is 1.46. The van der Waals surface area contributed by atoms with Gasteiger partial charge in [-0.2, -0.15) is 0 Å². The number of ether oxygens (including phenoxy) is 2. The zero-order chi connectivity index (χ0) is 11.8. The molecule has 0 radical (unpaired) electrons. The van der Waals surface area contributed by atoms with Crippen molar-refractivity contribution in [1.29, 1.82) is 0 Å². The van der Waals surface area contributed by atoms with Gasteiger partial charge >= 0.3 is 5.97 Å². The summed E-state index contributed by atoms with van der Waals surface area (Å²) in [6, 6.07) is 0.494. The van der Waals surface area contributed by atoms with Crippen LogP contribution in [-0.4, -0.2) is 36.9 Å². The van der Waals surface area contributed by atoms with Crippen LogP contribution in [0.15, 0.2) is 0 Å². The maximum absolute atomic E-state index is 12.0. The van der Waals surface area contributed by atoms with Crippen LogP contribution in [0.4, 0.5) is 0 Å². The SMILES string of the molecule is COC(=O)C1(NC2CC2)CCOC(C)(C)C1. The molecule has 1 aliphatic carbocycles. The summed E-state index contributed by atoms with van der Waals surface area (Å²) in [6.45, 7) is 4.67. The Morgan fingerprint density at radius 2 is 2.12 bits per heavy atom. The van der Waals surface area contributed by atoms with Crippen LogP contribution in [0.2, 0.25) is 0 Å². The minimum atomic E-state index is -0.530. The normalized spacial score (nSPS) is 33.4. The Labute approximate surface area is 96.7 Å². The summed E-state index contributed by atoms with van der Waals surface area (Å²) in [5.74, 6) is -0.143. The molecule has 0 aromatic carbocycles. The molecule has 0 amide bonds. The molecule has 1 saturated heterocycles. The lowest BCUT2D eigenvalue weighted by molar-refractivity contribution is -0.161. The van der Waals surface area contributed by atoms with Gasteiger partial charge in [0, 0.05) is 19.1 Å². The number of hydrogen-bond donors (Lipinski definition) is 1. The van der Waals surface area contributed by atoms with Crippen LogP contribution in [0.3, 0.4) is 0 Å². The third-order valence-electron chi connectivity index (χ3n) is 3.38. The maximum atomic E-state index is 12.0. The van der Waals surface area contributed by atoms with Gasteiger partial charge in [0.05, 0.1) is 12.7 Å². The number of hydrogen-bond acceptors (Lipinski definition) is 4. The zero-order valence-corrected chi connectivity index (χ0v) is 10.3. The van der Waals surface area contributed by atoms with Gasteiger partial charge in [-0.15, -0.1) is 0 Å². The Kier molecular flexibility index (Phi) is 2.97. The van der Waals surface area contributed by atoms with Gasteiger partial charge in [-0.25, -0.2) is 0 Å². The first kappa shape index (κ1) is 11.9. The Morgan fingerprint density at radius 1 is 1.44 bits per heavy atom. The van der Waals surface area contributed by atoms with Crippen molar-refractivity contribution in [3.63, 3.8) is 0 Å². The molecule has 0 aromatic heterocycles. The summed E-state index contributed by atoms with van der Waals surface area (Å²) >= 11 is 0. The molecule has 92 valence electrons. The van der Waals surface area contributed by atoms with E-state index in [1.54, 1.807) is 0 Å². The molecule has 1 atom stereocenters. The van der Waals surface area contributed by atoms with Crippen molar-refractivity contribution < 1.29 is 14.3 Å². The first-order valence-corrected chi connectivity index (χ1v) is 5.98. The third kappa shape index (κ3) is 2.38. The molecule has 16 heavy (non-hydrogen) atoms. The highest BCUT2D eigenvalue weighted by Crippen LogP contribution is 2.35. The average Bonchev–Trinajstić information content (AvgIpc) is 2.98. The smallest absolute Gasteiger partial charge is 0.326 e. The maximum Gasteiger partial charge on any atom is 0.326 e. The molecule has 0 bridgehead atoms. The summed E-state index contributed by atoms with van der Waals surface area (Å²) in [5.41, 5.74) is -0.786. The lowest BCUT2D eigenvalue weighted by Crippen LogP contribution is -2.60. The predicted octanol–water partition coefficient (Wildman–Crippen LogP) is 1.24. The first-order chi connectivity index (χ1) is 7.47. The average molecular weight is 227 g/mol. The highest BCUT2D eigenvalue weighted by molar-refractivity contribution is 5.81. The second-order valence-electron chi connectivity index (χ2n) is 5.53. The van der Waals surface area contributed by atoms with Crippen molar-refractivity contribution in [3.8, 4) is 0 Å². The van der Waals surface area contributed by atoms with E-state index < -0.39 is 5.54 Å². The molecule has 1 N–H and O–H groups in total. The van der Waals surface area contributed by atoms with Gasteiger partial charge in [-0.1, -0.05) is 0 Å². The molecule has 1 saturated carbocycles. The van der Waals surface area contributed by atoms with E-state index in [0.717, 1.165) is 0 Å². The molecule has 2 aliphatic rings. The van der Waals surface area contributed by atoms with Gasteiger partial charge in [0.1, 0.15) is 5.54 Å². The second kappa shape index (κ2) is 4.00. The van der Waals surface area contributed by atoms with Gasteiger partial charge in [0.15, 0.2) is 0 Å². The molecule has 4 heteroatoms. The van der Waals surface area contributed by atoms with Gasteiger partial charge in [0.25, 0.3) is 0 Å². The largest absolute Gasteiger partial charge is 0.468 e. The fourth-order valence-electron chi connectivity index (χ4n) is 2.54. The fourth-order valence-corrected chi connectivity index (χ4v) is 2.54. The molecular weight excluding hydrogens is 206 g/mol. The van der Waals surface area contributed by atoms with E-state index >= 15 is 0 Å². The Hall–Kier alpha value is -0.610. The number of rotatable bonds is 3. The second-order valence-corrected chi connectivity index (χ2v) is 5.53. The van der Waals surface area contributed by atoms with Crippen LogP contribution in [0.5, 0.6) is 0 Å². The number of methoxy groups -OCH3 is 1. The Balaban J connectivity index is 2.15. The van der Waals surface area contributed by atoms with Crippen molar-refractivity contribution in [1.82, 2.24) is 5.32 Å². The van der Waals surface area contributed by atoms with Gasteiger partial charge in [-0.3, -0.25) is 10.1 Å². The van der Waals surface area contributed by atoms with E-state index in [9.17, 15) is 4.79 Å². The van der Waals surface area contributed by atoms with E-state index in [0.29, 0.717) is 25.5 Å². The standard InChI is InChI=1S/C12H21NO3/c1-11(2)8-12(6-7-16-11,10(14)15-3)13-9-4-5-9/h9,13H,4-8H2,1-3H3. The summed E-state index contributed by atoms with van der Waals surface area (Å²) < 4.78 is 10.6. The van der Waals surface area contributed by atoms with Crippen LogP contribution >= 0.6 is 0 Å². The van der Waals surface area contributed by atoms with Crippen LogP contribution in [0.25, 0.3) is 0 Å². The van der Waals surface area contributed by atoms with E-state index in [1.165, 1.54) is 20.0 Å². The minimum absolute atomic E-state index is 0.143. The number of carbonyl (C=O) groups excluding carboxylic acids is 1. The molecule has 2 fully saturated rings. The highest BCUT2D eigenvalue weighted by Gasteiger charge is 2.49. The topological polar surface area (TPSA) is 47.6 Å². The molecule has 1 unspecified atom stereocenters. The lowest BCUT2D eigenvalue weighted by atomic mass is 9.81. The molecular formula is C12H21NO3. The zero-order valence-electron chi connectivity index (χ0n) is 10.3. The molecule has 1 heterocycles. The Morgan fingerprint density at radius 3 is 2.62 bits per heavy atom. The Bertz CT molecular complexity index is 286. The molecule has 4 nitrogen and oxygen atoms in total. The number of carbonyl (C=O) groups is 1. The summed E-state index contributed by atoms with van der Waals surface area (Å²) in [4.78, 5) is 12.0. The third-order valence-corrected chi connectivity index (χ3v) is 3.38. The van der Waals surface area contributed by atoms with Crippen molar-refractivity contribution in [2.45, 2.75) is 56.7 Å². The van der Waals surface area contributed by atoms with Crippen molar-refractivity contribution in [2.24, 2.45) is 0 Å². The lowest BCUT2D eigenvalue weighted by Gasteiger charge is -2.43. The molecule has 0 aromatic rings. The van der Waals surface area contributed by atoms with E-state index in [1.807, 2.05) is 13.8 Å². The summed E-state index contributed by atoms with van der Waals surface area (Å²) in [5, 5.41) is 3.46. The van der Waals surface area contributed by atoms with E-state index in [-0.39, 0.29) is 11.6 Å². The molecule has 2 rings (SSSR count). The number of nitrogens with one attached hydrogen (secondary N) is 1. The fraction of sp³-hybridized carbons (Fsp3) is 0.917. The van der Waals surface area contributed by atoms with Crippen molar-refractivity contribution >= 4 is 5.97 Å². The summed E-state index contributed by atoms with van der Waals surface area (Å²) in [6.07, 6.45) is 3.73. The van der Waals surface area contributed by atoms with E-state index in [2.05, 4.69) is 5.32 Å². The van der Waals surface area contributed by atoms with Crippen molar-refractivity contribution in [3.05, 3.63) is 0 Å².